The molecule has 4 rings (SSSR count). The molecule has 0 fully saturated rings. The summed E-state index contributed by atoms with van der Waals surface area (Å²) < 4.78 is 11.3. The molecule has 7 nitrogen and oxygen atoms in total. The Morgan fingerprint density at radius 2 is 1.52 bits per heavy atom. The van der Waals surface area contributed by atoms with Crippen LogP contribution in [0.1, 0.15) is 21.6 Å². The molecule has 4 aromatic rings. The summed E-state index contributed by atoms with van der Waals surface area (Å²) in [6.45, 7) is 0.303. The van der Waals surface area contributed by atoms with Gasteiger partial charge in [-0.3, -0.25) is 10.1 Å². The molecule has 0 saturated heterocycles. The zero-order chi connectivity index (χ0) is 21.6. The number of benzene rings is 3. The summed E-state index contributed by atoms with van der Waals surface area (Å²) >= 11 is 0. The second-order valence-electron chi connectivity index (χ2n) is 6.77. The molecule has 154 valence electrons. The first-order chi connectivity index (χ1) is 15.1. The van der Waals surface area contributed by atoms with Gasteiger partial charge in [0.2, 0.25) is 0 Å². The van der Waals surface area contributed by atoms with Crippen LogP contribution in [0.5, 0.6) is 5.75 Å². The number of esters is 1. The highest BCUT2D eigenvalue weighted by Crippen LogP contribution is 2.32. The van der Waals surface area contributed by atoms with E-state index in [2.05, 4.69) is 4.98 Å². The van der Waals surface area contributed by atoms with Crippen LogP contribution in [0.2, 0.25) is 0 Å². The summed E-state index contributed by atoms with van der Waals surface area (Å²) in [6, 6.07) is 24.7. The average molecular weight is 414 g/mol. The predicted molar refractivity (Wildman–Crippen MR) is 115 cm³/mol. The van der Waals surface area contributed by atoms with Gasteiger partial charge in [-0.2, -0.15) is 0 Å². The lowest BCUT2D eigenvalue weighted by Crippen LogP contribution is -2.09. The van der Waals surface area contributed by atoms with Crippen molar-refractivity contribution < 1.29 is 19.2 Å². The Kier molecular flexibility index (Phi) is 5.84. The Bertz CT molecular complexity index is 1230. The molecule has 0 amide bonds. The molecular formula is C24H18N2O5. The smallest absolute Gasteiger partial charge is 0.357 e. The molecule has 1 heterocycles. The van der Waals surface area contributed by atoms with Gasteiger partial charge in [0.25, 0.3) is 5.69 Å². The number of nitrogens with zero attached hydrogens (tertiary/aromatic N) is 2. The summed E-state index contributed by atoms with van der Waals surface area (Å²) in [5.74, 6) is -0.363. The number of para-hydroxylation sites is 1. The van der Waals surface area contributed by atoms with Crippen LogP contribution in [-0.2, 0) is 18.0 Å². The summed E-state index contributed by atoms with van der Waals surface area (Å²) in [7, 11) is 0. The van der Waals surface area contributed by atoms with Gasteiger partial charge in [0.05, 0.1) is 4.92 Å². The van der Waals surface area contributed by atoms with Gasteiger partial charge in [-0.1, -0.05) is 66.7 Å². The van der Waals surface area contributed by atoms with E-state index in [1.165, 1.54) is 12.1 Å². The lowest BCUT2D eigenvalue weighted by atomic mass is 10.1. The van der Waals surface area contributed by atoms with Crippen molar-refractivity contribution in [1.29, 1.82) is 0 Å². The Morgan fingerprint density at radius 1 is 0.871 bits per heavy atom. The minimum absolute atomic E-state index is 0.0548. The topological polar surface area (TPSA) is 91.6 Å². The van der Waals surface area contributed by atoms with Crippen LogP contribution in [0.25, 0.3) is 10.9 Å². The van der Waals surface area contributed by atoms with Crippen molar-refractivity contribution in [1.82, 2.24) is 4.98 Å². The van der Waals surface area contributed by atoms with Gasteiger partial charge in [-0.05, 0) is 17.2 Å². The SMILES string of the molecule is O=C(OCc1ccccc1)c1cc(OCc2ccccc2)c2cccc([N+](=O)[O-])c2n1. The average Bonchev–Trinajstić information content (AvgIpc) is 2.81. The normalized spacial score (nSPS) is 10.6. The fourth-order valence-corrected chi connectivity index (χ4v) is 3.11. The Labute approximate surface area is 178 Å². The summed E-state index contributed by atoms with van der Waals surface area (Å²) in [5.41, 5.74) is 1.56. The number of carbonyl (C=O) groups excluding carboxylic acids is 1. The standard InChI is InChI=1S/C24H18N2O5/c27-24(31-16-18-10-5-2-6-11-18)20-14-22(30-15-17-8-3-1-4-9-17)19-12-7-13-21(26(28)29)23(19)25-20/h1-14H,15-16H2. The first kappa shape index (κ1) is 20.0. The molecule has 31 heavy (non-hydrogen) atoms. The van der Waals surface area contributed by atoms with Crippen LogP contribution in [0.4, 0.5) is 5.69 Å². The summed E-state index contributed by atoms with van der Waals surface area (Å²) in [6.07, 6.45) is 0. The molecular weight excluding hydrogens is 396 g/mol. The quantitative estimate of drug-likeness (QED) is 0.238. The van der Waals surface area contributed by atoms with Crippen molar-refractivity contribution in [2.45, 2.75) is 13.2 Å². The Morgan fingerprint density at radius 3 is 2.16 bits per heavy atom. The molecule has 0 radical (unpaired) electrons. The van der Waals surface area contributed by atoms with Gasteiger partial charge in [0.15, 0.2) is 11.2 Å². The van der Waals surface area contributed by atoms with Gasteiger partial charge in [-0.15, -0.1) is 0 Å². The van der Waals surface area contributed by atoms with E-state index in [1.54, 1.807) is 12.1 Å². The maximum absolute atomic E-state index is 12.7. The van der Waals surface area contributed by atoms with Crippen molar-refractivity contribution in [3.63, 3.8) is 0 Å². The molecule has 3 aromatic carbocycles. The van der Waals surface area contributed by atoms with Crippen LogP contribution in [0.3, 0.4) is 0 Å². The number of pyridine rings is 1. The molecule has 0 atom stereocenters. The fourth-order valence-electron chi connectivity index (χ4n) is 3.11. The minimum atomic E-state index is -0.687. The molecule has 0 bridgehead atoms. The number of rotatable bonds is 7. The number of non-ortho nitro benzene ring substituents is 1. The lowest BCUT2D eigenvalue weighted by molar-refractivity contribution is -0.383. The molecule has 7 heteroatoms. The number of nitro groups is 1. The van der Waals surface area contributed by atoms with Crippen molar-refractivity contribution in [3.8, 4) is 5.75 Å². The van der Waals surface area contributed by atoms with Crippen LogP contribution < -0.4 is 4.74 Å². The third kappa shape index (κ3) is 4.67. The monoisotopic (exact) mass is 414 g/mol. The number of hydrogen-bond donors (Lipinski definition) is 0. The zero-order valence-corrected chi connectivity index (χ0v) is 16.4. The van der Waals surface area contributed by atoms with Gasteiger partial charge in [0, 0.05) is 17.5 Å². The second kappa shape index (κ2) is 9.04. The molecule has 1 aromatic heterocycles. The van der Waals surface area contributed by atoms with Gasteiger partial charge < -0.3 is 9.47 Å². The van der Waals surface area contributed by atoms with Gasteiger partial charge in [-0.25, -0.2) is 9.78 Å². The lowest BCUT2D eigenvalue weighted by Gasteiger charge is -2.12. The summed E-state index contributed by atoms with van der Waals surface area (Å²) in [5, 5.41) is 12.0. The molecule has 0 saturated carbocycles. The fraction of sp³-hybridized carbons (Fsp3) is 0.0833. The van der Waals surface area contributed by atoms with E-state index in [0.29, 0.717) is 11.1 Å². The van der Waals surface area contributed by atoms with Crippen LogP contribution in [0, 0.1) is 10.1 Å². The first-order valence-electron chi connectivity index (χ1n) is 9.58. The Balaban J connectivity index is 1.68. The highest BCUT2D eigenvalue weighted by Gasteiger charge is 2.20. The van der Waals surface area contributed by atoms with Crippen molar-refractivity contribution in [2.75, 3.05) is 0 Å². The van der Waals surface area contributed by atoms with E-state index < -0.39 is 10.9 Å². The number of aromatic nitrogens is 1. The highest BCUT2D eigenvalue weighted by molar-refractivity contribution is 5.97. The van der Waals surface area contributed by atoms with Crippen molar-refractivity contribution in [2.24, 2.45) is 0 Å². The molecule has 0 aliphatic carbocycles. The van der Waals surface area contributed by atoms with E-state index in [1.807, 2.05) is 60.7 Å². The first-order valence-corrected chi connectivity index (χ1v) is 9.58. The number of fused-ring (bicyclic) bond motifs is 1. The highest BCUT2D eigenvalue weighted by atomic mass is 16.6. The van der Waals surface area contributed by atoms with E-state index in [0.717, 1.165) is 11.1 Å². The third-order valence-electron chi connectivity index (χ3n) is 4.64. The summed E-state index contributed by atoms with van der Waals surface area (Å²) in [4.78, 5) is 27.9. The second-order valence-corrected chi connectivity index (χ2v) is 6.77. The molecule has 0 N–H and O–H groups in total. The Hall–Kier alpha value is -4.26. The van der Waals surface area contributed by atoms with Gasteiger partial charge >= 0.3 is 5.97 Å². The maximum atomic E-state index is 12.7. The number of nitro benzene ring substituents is 1. The van der Waals surface area contributed by atoms with Crippen LogP contribution >= 0.6 is 0 Å². The largest absolute Gasteiger partial charge is 0.488 e. The van der Waals surface area contributed by atoms with E-state index in [4.69, 9.17) is 9.47 Å². The molecule has 0 aliphatic heterocycles. The zero-order valence-electron chi connectivity index (χ0n) is 16.4. The molecule has 0 aliphatic rings. The number of hydrogen-bond acceptors (Lipinski definition) is 6. The van der Waals surface area contributed by atoms with Crippen LogP contribution in [-0.4, -0.2) is 15.9 Å². The predicted octanol–water partition coefficient (Wildman–Crippen LogP) is 5.08. The maximum Gasteiger partial charge on any atom is 0.357 e. The molecule has 0 unspecified atom stereocenters. The third-order valence-corrected chi connectivity index (χ3v) is 4.64. The van der Waals surface area contributed by atoms with E-state index in [9.17, 15) is 14.9 Å². The van der Waals surface area contributed by atoms with Crippen LogP contribution in [0.15, 0.2) is 84.9 Å². The number of ether oxygens (including phenoxy) is 2. The van der Waals surface area contributed by atoms with Gasteiger partial charge in [0.1, 0.15) is 19.0 Å². The van der Waals surface area contributed by atoms with E-state index >= 15 is 0 Å². The minimum Gasteiger partial charge on any atom is -0.488 e. The van der Waals surface area contributed by atoms with Crippen molar-refractivity contribution >= 4 is 22.6 Å². The molecule has 0 spiro atoms. The number of carbonyl (C=O) groups is 1. The van der Waals surface area contributed by atoms with Crippen molar-refractivity contribution in [3.05, 3.63) is 112 Å². The van der Waals surface area contributed by atoms with E-state index in [-0.39, 0.29) is 30.1 Å².